The predicted octanol–water partition coefficient (Wildman–Crippen LogP) is 1.53. The lowest BCUT2D eigenvalue weighted by Gasteiger charge is -1.96. The van der Waals surface area contributed by atoms with Crippen LogP contribution in [0.15, 0.2) is 0 Å². The van der Waals surface area contributed by atoms with Gasteiger partial charge >= 0.3 is 6.18 Å². The number of rotatable bonds is 0. The van der Waals surface area contributed by atoms with Gasteiger partial charge in [-0.05, 0) is 6.42 Å². The first-order chi connectivity index (χ1) is 3.06. The van der Waals surface area contributed by atoms with Crippen LogP contribution in [0.2, 0.25) is 0 Å². The van der Waals surface area contributed by atoms with E-state index < -0.39 is 12.6 Å². The van der Waals surface area contributed by atoms with E-state index in [4.69, 9.17) is 6.42 Å². The second-order valence-electron chi connectivity index (χ2n) is 0.969. The van der Waals surface area contributed by atoms with Gasteiger partial charge in [-0.15, -0.1) is 0 Å². The molecule has 0 fully saturated rings. The third kappa shape index (κ3) is 5.35. The zero-order chi connectivity index (χ0) is 5.91. The lowest BCUT2D eigenvalue weighted by molar-refractivity contribution is -0.123. The van der Waals surface area contributed by atoms with Gasteiger partial charge < -0.3 is 0 Å². The van der Waals surface area contributed by atoms with Crippen molar-refractivity contribution in [2.45, 2.75) is 12.6 Å². The molecule has 7 heavy (non-hydrogen) atoms. The summed E-state index contributed by atoms with van der Waals surface area (Å²) in [4.78, 5) is 0. The van der Waals surface area contributed by atoms with Gasteiger partial charge in [-0.3, -0.25) is 0 Å². The maximum Gasteiger partial charge on any atom is 0.399 e. The highest BCUT2D eigenvalue weighted by molar-refractivity contribution is 4.79. The number of hydrogen-bond acceptors (Lipinski definition) is 0. The molecule has 0 N–H and O–H groups in total. The third-order valence-corrected chi connectivity index (χ3v) is 0.289. The summed E-state index contributed by atoms with van der Waals surface area (Å²) in [5.74, 6) is 1.23. The van der Waals surface area contributed by atoms with Gasteiger partial charge in [-0.2, -0.15) is 13.2 Å². The summed E-state index contributed by atoms with van der Waals surface area (Å²) in [6, 6.07) is 0. The Hall–Kier alpha value is -0.650. The average Bonchev–Trinajstić information content (AvgIpc) is 1.30. The molecule has 0 heterocycles. The molecule has 0 atom stereocenters. The zero-order valence-corrected chi connectivity index (χ0v) is 3.34. The molecule has 0 aliphatic carbocycles. The van der Waals surface area contributed by atoms with E-state index in [1.165, 1.54) is 5.92 Å². The number of hydrogen-bond donors (Lipinski definition) is 0. The highest BCUT2D eigenvalue weighted by atomic mass is 19.4. The van der Waals surface area contributed by atoms with Crippen LogP contribution < -0.4 is 0 Å². The van der Waals surface area contributed by atoms with Crippen molar-refractivity contribution >= 4 is 0 Å². The molecule has 0 aromatic heterocycles. The fourth-order valence-corrected chi connectivity index (χ4v) is 0.100. The molecule has 39 valence electrons. The van der Waals surface area contributed by atoms with Crippen molar-refractivity contribution in [3.63, 3.8) is 0 Å². The second-order valence-corrected chi connectivity index (χ2v) is 0.969. The van der Waals surface area contributed by atoms with Crippen LogP contribution in [-0.4, -0.2) is 6.18 Å². The van der Waals surface area contributed by atoms with Gasteiger partial charge in [-0.1, -0.05) is 5.92 Å². The monoisotopic (exact) mass is 107 g/mol. The minimum Gasteiger partial charge on any atom is -0.170 e. The third-order valence-electron chi connectivity index (χ3n) is 0.289. The van der Waals surface area contributed by atoms with Crippen LogP contribution in [0, 0.1) is 12.3 Å². The summed E-state index contributed by atoms with van der Waals surface area (Å²) >= 11 is 0. The molecule has 0 aromatic rings. The van der Waals surface area contributed by atoms with Crippen LogP contribution in [0.1, 0.15) is 6.42 Å². The molecular weight excluding hydrogens is 105 g/mol. The van der Waals surface area contributed by atoms with Crippen LogP contribution in [0.3, 0.4) is 0 Å². The maximum absolute atomic E-state index is 10.9. The molecule has 0 bridgehead atoms. The minimum absolute atomic E-state index is 1.23. The minimum atomic E-state index is -4.25. The number of halogens is 3. The predicted molar refractivity (Wildman–Crippen MR) is 17.8 cm³/mol. The van der Waals surface area contributed by atoms with E-state index in [2.05, 4.69) is 0 Å². The topological polar surface area (TPSA) is 0 Å². The van der Waals surface area contributed by atoms with E-state index in [9.17, 15) is 13.2 Å². The zero-order valence-electron chi connectivity index (χ0n) is 3.34. The Balaban J connectivity index is 3.40. The highest BCUT2D eigenvalue weighted by Gasteiger charge is 2.24. The molecule has 0 aromatic carbocycles. The van der Waals surface area contributed by atoms with E-state index in [1.807, 2.05) is 0 Å². The normalized spacial score (nSPS) is 10.6. The molecular formula is C4H2F3. The Morgan fingerprint density at radius 2 is 1.86 bits per heavy atom. The van der Waals surface area contributed by atoms with Crippen LogP contribution in [0.4, 0.5) is 13.2 Å². The first-order valence-electron chi connectivity index (χ1n) is 1.52. The van der Waals surface area contributed by atoms with Gasteiger partial charge in [0.25, 0.3) is 0 Å². The standard InChI is InChI=1S/C4H2F3/c1-2-3-4(5,6)7/h3H2. The summed E-state index contributed by atoms with van der Waals surface area (Å²) in [5.41, 5.74) is 0. The Labute approximate surface area is 39.3 Å². The Bertz CT molecular complexity index is 84.1. The second kappa shape index (κ2) is 1.87. The van der Waals surface area contributed by atoms with Gasteiger partial charge in [0.05, 0.1) is 0 Å². The Morgan fingerprint density at radius 3 is 1.86 bits per heavy atom. The van der Waals surface area contributed by atoms with Crippen molar-refractivity contribution in [1.29, 1.82) is 0 Å². The van der Waals surface area contributed by atoms with E-state index in [0.29, 0.717) is 0 Å². The quantitative estimate of drug-likeness (QED) is 0.412. The van der Waals surface area contributed by atoms with Gasteiger partial charge in [-0.25, -0.2) is 0 Å². The average molecular weight is 107 g/mol. The van der Waals surface area contributed by atoms with E-state index >= 15 is 0 Å². The lowest BCUT2D eigenvalue weighted by atomic mass is 10.4. The van der Waals surface area contributed by atoms with Crippen molar-refractivity contribution in [1.82, 2.24) is 0 Å². The molecule has 0 saturated heterocycles. The molecule has 0 amide bonds. The van der Waals surface area contributed by atoms with Crippen LogP contribution >= 0.6 is 0 Å². The molecule has 0 spiro atoms. The molecule has 0 aliphatic rings. The molecule has 3 heteroatoms. The molecule has 0 aliphatic heterocycles. The van der Waals surface area contributed by atoms with Crippen LogP contribution in [-0.2, 0) is 0 Å². The first kappa shape index (κ1) is 6.35. The summed E-state index contributed by atoms with van der Waals surface area (Å²) in [6.45, 7) is 0. The SMILES string of the molecule is [C]#CCC(F)(F)F. The Morgan fingerprint density at radius 1 is 1.43 bits per heavy atom. The van der Waals surface area contributed by atoms with Crippen LogP contribution in [0.25, 0.3) is 0 Å². The van der Waals surface area contributed by atoms with E-state index in [0.717, 1.165) is 0 Å². The fourth-order valence-electron chi connectivity index (χ4n) is 0.100. The summed E-state index contributed by atoms with van der Waals surface area (Å²) in [5, 5.41) is 0. The molecule has 0 saturated carbocycles. The van der Waals surface area contributed by atoms with Crippen molar-refractivity contribution in [3.05, 3.63) is 6.42 Å². The van der Waals surface area contributed by atoms with E-state index in [-0.39, 0.29) is 0 Å². The van der Waals surface area contributed by atoms with Gasteiger partial charge in [0.1, 0.15) is 6.42 Å². The van der Waals surface area contributed by atoms with Crippen LogP contribution in [0.5, 0.6) is 0 Å². The molecule has 0 nitrogen and oxygen atoms in total. The van der Waals surface area contributed by atoms with Gasteiger partial charge in [0.15, 0.2) is 0 Å². The lowest BCUT2D eigenvalue weighted by Crippen LogP contribution is -2.03. The number of alkyl halides is 3. The van der Waals surface area contributed by atoms with Gasteiger partial charge in [0, 0.05) is 0 Å². The van der Waals surface area contributed by atoms with Crippen molar-refractivity contribution < 1.29 is 13.2 Å². The van der Waals surface area contributed by atoms with E-state index in [1.54, 1.807) is 0 Å². The summed E-state index contributed by atoms with van der Waals surface area (Å²) in [6.07, 6.45) is 0.397. The smallest absolute Gasteiger partial charge is 0.170 e. The molecule has 0 unspecified atom stereocenters. The summed E-state index contributed by atoms with van der Waals surface area (Å²) < 4.78 is 32.6. The molecule has 0 rings (SSSR count). The summed E-state index contributed by atoms with van der Waals surface area (Å²) in [7, 11) is 0. The van der Waals surface area contributed by atoms with Crippen molar-refractivity contribution in [3.8, 4) is 5.92 Å². The Kier molecular flexibility index (Phi) is 1.70. The fraction of sp³-hybridized carbons (Fsp3) is 0.500. The van der Waals surface area contributed by atoms with Gasteiger partial charge in [0.2, 0.25) is 0 Å². The molecule has 1 radical (unpaired) electrons. The largest absolute Gasteiger partial charge is 0.399 e. The van der Waals surface area contributed by atoms with Crippen molar-refractivity contribution in [2.24, 2.45) is 0 Å². The maximum atomic E-state index is 10.9. The highest BCUT2D eigenvalue weighted by Crippen LogP contribution is 2.17. The van der Waals surface area contributed by atoms with Crippen molar-refractivity contribution in [2.75, 3.05) is 0 Å². The first-order valence-corrected chi connectivity index (χ1v) is 1.52.